The molecule has 1 saturated carbocycles. The molecule has 72 heavy (non-hydrogen) atoms. The van der Waals surface area contributed by atoms with Gasteiger partial charge >= 0.3 is 11.9 Å². The second-order valence-electron chi connectivity index (χ2n) is 21.0. The van der Waals surface area contributed by atoms with Crippen LogP contribution in [0.15, 0.2) is 28.3 Å². The van der Waals surface area contributed by atoms with Crippen molar-refractivity contribution >= 4 is 40.4 Å². The van der Waals surface area contributed by atoms with Gasteiger partial charge in [0.15, 0.2) is 18.4 Å². The number of carbonyl (C=O) groups is 3. The largest absolute Gasteiger partial charge is 0.477 e. The van der Waals surface area contributed by atoms with E-state index < -0.39 is 113 Å². The highest BCUT2D eigenvalue weighted by Gasteiger charge is 2.59. The van der Waals surface area contributed by atoms with Gasteiger partial charge in [0.05, 0.1) is 70.3 Å². The van der Waals surface area contributed by atoms with Crippen molar-refractivity contribution in [1.82, 2.24) is 19.9 Å². The second kappa shape index (κ2) is 23.7. The van der Waals surface area contributed by atoms with Gasteiger partial charge in [-0.2, -0.15) is 0 Å². The monoisotopic (exact) mass is 1040 g/mol. The molecule has 0 radical (unpaired) electrons. The van der Waals surface area contributed by atoms with E-state index in [9.17, 15) is 39.6 Å². The normalized spacial score (nSPS) is 38.0. The lowest BCUT2D eigenvalue weighted by Gasteiger charge is -2.50. The summed E-state index contributed by atoms with van der Waals surface area (Å²) in [7, 11) is 10.3. The van der Waals surface area contributed by atoms with E-state index in [1.807, 2.05) is 46.7 Å². The number of hydrogen-bond donors (Lipinski definition) is 5. The number of carbonyl (C=O) groups excluding carboxylic acids is 2. The Hall–Kier alpha value is -3.36. The molecule has 406 valence electrons. The SMILES string of the molecule is CO[C@]1(C)C[C@@H](C)C(=O)[C@@H](O)[C@@]2(O)CC[C@H]2OC(=O)[C@H](C)[C@@H](O[C@H]2C[C@@](C)(OC)[C@@H](OCCNCCSc3cc4c(=O)c(C(=O)O)cn(N(C)C)c4cn3)[C@H](C)O2)[C@H](C)[C@H]1O[C@@H]1O[C@H](C)C[C@H](N(C)C)[C@H]1O. The number of aliphatic hydroxyl groups is 3. The van der Waals surface area contributed by atoms with Crippen molar-refractivity contribution in [3.05, 3.63) is 34.2 Å². The van der Waals surface area contributed by atoms with E-state index in [1.165, 1.54) is 25.1 Å². The molecule has 3 saturated heterocycles. The molecule has 0 spiro atoms. The van der Waals surface area contributed by atoms with E-state index in [1.54, 1.807) is 63.9 Å². The summed E-state index contributed by atoms with van der Waals surface area (Å²) in [5.41, 5.74) is -4.65. The first-order valence-electron chi connectivity index (χ1n) is 24.9. The molecular formula is C50H79N5O16S. The molecule has 4 aliphatic rings. The second-order valence-corrected chi connectivity index (χ2v) is 22.2. The van der Waals surface area contributed by atoms with Gasteiger partial charge in [0.2, 0.25) is 5.43 Å². The number of nitrogens with one attached hydrogen (secondary N) is 1. The molecule has 22 heteroatoms. The molecule has 0 unspecified atom stereocenters. The summed E-state index contributed by atoms with van der Waals surface area (Å²) < 4.78 is 53.0. The van der Waals surface area contributed by atoms with Gasteiger partial charge in [0.25, 0.3) is 0 Å². The maximum Gasteiger partial charge on any atom is 0.341 e. The number of ketones is 1. The number of Topliss-reactive ketones (excluding diaryl/α,β-unsaturated/α-hetero) is 1. The number of thioether (sulfide) groups is 1. The number of methoxy groups -OCH3 is 2. The van der Waals surface area contributed by atoms with Crippen LogP contribution in [0, 0.1) is 17.8 Å². The van der Waals surface area contributed by atoms with E-state index in [2.05, 4.69) is 10.3 Å². The molecule has 5 N–H and O–H groups in total. The number of likely N-dealkylation sites (N-methyl/N-ethyl adjacent to an activating group) is 1. The number of aromatic carboxylic acids is 1. The molecule has 2 aromatic rings. The highest BCUT2D eigenvalue weighted by molar-refractivity contribution is 7.99. The minimum Gasteiger partial charge on any atom is -0.477 e. The number of aliphatic hydroxyl groups excluding tert-OH is 2. The predicted octanol–water partition coefficient (Wildman–Crippen LogP) is 2.18. The lowest BCUT2D eigenvalue weighted by atomic mass is 9.69. The average Bonchev–Trinajstić information content (AvgIpc) is 3.33. The van der Waals surface area contributed by atoms with Crippen LogP contribution in [0.1, 0.15) is 90.9 Å². The molecule has 4 fully saturated rings. The van der Waals surface area contributed by atoms with Crippen LogP contribution in [0.2, 0.25) is 0 Å². The number of carboxylic acid groups (broad SMARTS) is 1. The van der Waals surface area contributed by atoms with Crippen molar-refractivity contribution in [3.8, 4) is 0 Å². The van der Waals surface area contributed by atoms with Gasteiger partial charge in [-0.3, -0.25) is 19.1 Å². The zero-order chi connectivity index (χ0) is 53.2. The van der Waals surface area contributed by atoms with Crippen LogP contribution in [-0.4, -0.2) is 205 Å². The predicted molar refractivity (Wildman–Crippen MR) is 266 cm³/mol. The topological polar surface area (TPSA) is 259 Å². The molecule has 21 nitrogen and oxygen atoms in total. The third-order valence-corrected chi connectivity index (χ3v) is 16.3. The zero-order valence-corrected chi connectivity index (χ0v) is 44.9. The van der Waals surface area contributed by atoms with E-state index >= 15 is 0 Å². The Kier molecular flexibility index (Phi) is 19.0. The van der Waals surface area contributed by atoms with Gasteiger partial charge in [-0.15, -0.1) is 11.8 Å². The first-order valence-corrected chi connectivity index (χ1v) is 25.9. The summed E-state index contributed by atoms with van der Waals surface area (Å²) >= 11 is 1.42. The van der Waals surface area contributed by atoms with Crippen LogP contribution >= 0.6 is 11.8 Å². The van der Waals surface area contributed by atoms with Crippen LogP contribution in [-0.2, 0) is 47.5 Å². The quantitative estimate of drug-likeness (QED) is 0.0864. The number of ether oxygens (including phenoxy) is 8. The molecule has 17 atom stereocenters. The Bertz CT molecular complexity index is 2270. The molecular weight excluding hydrogens is 959 g/mol. The third kappa shape index (κ3) is 12.2. The number of nitrogens with zero attached hydrogens (tertiary/aromatic N) is 4. The molecule has 1 aliphatic carbocycles. The Morgan fingerprint density at radius 3 is 2.26 bits per heavy atom. The first kappa shape index (κ1) is 57.9. The highest BCUT2D eigenvalue weighted by atomic mass is 32.2. The van der Waals surface area contributed by atoms with Crippen molar-refractivity contribution in [2.45, 2.75) is 170 Å². The fourth-order valence-corrected chi connectivity index (χ4v) is 11.7. The first-order chi connectivity index (χ1) is 33.8. The van der Waals surface area contributed by atoms with Gasteiger partial charge < -0.3 is 73.5 Å². The lowest BCUT2D eigenvalue weighted by Crippen LogP contribution is -2.64. The fourth-order valence-electron chi connectivity index (χ4n) is 10.9. The summed E-state index contributed by atoms with van der Waals surface area (Å²) in [6, 6.07) is 1.30. The summed E-state index contributed by atoms with van der Waals surface area (Å²) in [6.45, 7) is 13.9. The summed E-state index contributed by atoms with van der Waals surface area (Å²) in [4.78, 5) is 59.5. The molecule has 2 aromatic heterocycles. The number of esters is 1. The number of rotatable bonds is 17. The maximum absolute atomic E-state index is 14.3. The van der Waals surface area contributed by atoms with Gasteiger partial charge in [-0.1, -0.05) is 13.8 Å². The smallest absolute Gasteiger partial charge is 0.341 e. The van der Waals surface area contributed by atoms with Gasteiger partial charge in [0, 0.05) is 77.7 Å². The minimum absolute atomic E-state index is 0.0189. The molecule has 0 bridgehead atoms. The van der Waals surface area contributed by atoms with Crippen LogP contribution in [0.5, 0.6) is 0 Å². The van der Waals surface area contributed by atoms with Gasteiger partial charge in [0.1, 0.15) is 35.6 Å². The molecule has 5 heterocycles. The van der Waals surface area contributed by atoms with E-state index in [0.29, 0.717) is 42.4 Å². The number of hydrogen-bond acceptors (Lipinski definition) is 20. The van der Waals surface area contributed by atoms with Crippen molar-refractivity contribution in [1.29, 1.82) is 0 Å². The average molecular weight is 1040 g/mol. The van der Waals surface area contributed by atoms with Gasteiger partial charge in [-0.05, 0) is 80.5 Å². The molecule has 0 aromatic carbocycles. The number of fused-ring (bicyclic) bond motifs is 2. The summed E-state index contributed by atoms with van der Waals surface area (Å²) in [5, 5.41) is 50.2. The standard InChI is InChI=1S/C50H79N5O16S/c1-26-22-48(6,64-12)43(71-47-40(58)33(53(8)9)20-27(2)67-47)28(3)41(29(4)46(62)69-35-14-15-50(35,63)42(59)38(26)56)70-37-23-49(7,65-13)44(30(5)68-37)66-18-16-51-17-19-72-36-21-31-34(24-52-36)55(54(10)11)25-32(39(31)57)45(60)61/h21,24-30,33,35,37,40-44,47,51,58-59,63H,14-20,22-23H2,1-13H3,(H,60,61)/t26-,27-,28+,29-,30+,33+,35-,37+,40-,41+,42-,43-,44+,47+,48-,49-,50-/m1/s1. The maximum atomic E-state index is 14.3. The Labute approximate surface area is 426 Å². The van der Waals surface area contributed by atoms with Crippen molar-refractivity contribution in [2.24, 2.45) is 17.8 Å². The van der Waals surface area contributed by atoms with Crippen LogP contribution in [0.25, 0.3) is 10.9 Å². The molecule has 0 amide bonds. The van der Waals surface area contributed by atoms with Crippen molar-refractivity contribution in [2.75, 3.05) is 72.9 Å². The van der Waals surface area contributed by atoms with Crippen molar-refractivity contribution < 1.29 is 72.7 Å². The summed E-state index contributed by atoms with van der Waals surface area (Å²) in [6.07, 6.45) is -5.71. The Balaban J connectivity index is 1.17. The zero-order valence-electron chi connectivity index (χ0n) is 44.1. The third-order valence-electron chi connectivity index (χ3n) is 15.4. The van der Waals surface area contributed by atoms with Gasteiger partial charge in [-0.25, -0.2) is 9.78 Å². The fraction of sp³-hybridized carbons (Fsp3) is 0.780. The Morgan fingerprint density at radius 2 is 1.65 bits per heavy atom. The summed E-state index contributed by atoms with van der Waals surface area (Å²) in [5.74, 6) is -4.70. The lowest BCUT2D eigenvalue weighted by molar-refractivity contribution is -0.321. The van der Waals surface area contributed by atoms with Crippen LogP contribution < -0.4 is 15.8 Å². The van der Waals surface area contributed by atoms with Crippen LogP contribution in [0.3, 0.4) is 0 Å². The van der Waals surface area contributed by atoms with Crippen molar-refractivity contribution in [3.63, 3.8) is 0 Å². The number of carboxylic acids is 1. The van der Waals surface area contributed by atoms with E-state index in [-0.39, 0.29) is 48.8 Å². The Morgan fingerprint density at radius 1 is 0.972 bits per heavy atom. The number of pyridine rings is 2. The minimum atomic E-state index is -1.98. The van der Waals surface area contributed by atoms with E-state index in [0.717, 1.165) is 0 Å². The van der Waals surface area contributed by atoms with Crippen LogP contribution in [0.4, 0.5) is 0 Å². The highest BCUT2D eigenvalue weighted by Crippen LogP contribution is 2.44. The van der Waals surface area contributed by atoms with E-state index in [4.69, 9.17) is 37.9 Å². The number of aromatic nitrogens is 2. The molecule has 6 rings (SSSR count). The molecule has 3 aliphatic heterocycles.